The fourth-order valence-corrected chi connectivity index (χ4v) is 2.82. The van der Waals surface area contributed by atoms with Crippen LogP contribution in [0.2, 0.25) is 0 Å². The highest BCUT2D eigenvalue weighted by Crippen LogP contribution is 2.27. The molecule has 0 aliphatic heterocycles. The molecule has 0 bridgehead atoms. The summed E-state index contributed by atoms with van der Waals surface area (Å²) in [6, 6.07) is 3.92. The number of nitrogens with one attached hydrogen (secondary N) is 1. The van der Waals surface area contributed by atoms with E-state index in [0.717, 1.165) is 12.5 Å². The molecule has 0 amide bonds. The zero-order valence-electron chi connectivity index (χ0n) is 11.0. The molecule has 100 valence electrons. The summed E-state index contributed by atoms with van der Waals surface area (Å²) >= 11 is 0. The van der Waals surface area contributed by atoms with E-state index in [4.69, 9.17) is 0 Å². The molecule has 1 fully saturated rings. The van der Waals surface area contributed by atoms with E-state index in [1.54, 1.807) is 0 Å². The fourth-order valence-electron chi connectivity index (χ4n) is 2.82. The molecule has 0 radical (unpaired) electrons. The lowest BCUT2D eigenvalue weighted by molar-refractivity contribution is 0.261. The third-order valence-corrected chi connectivity index (χ3v) is 4.00. The highest BCUT2D eigenvalue weighted by atomic mass is 19.1. The maximum atomic E-state index is 13.7. The van der Waals surface area contributed by atoms with Crippen molar-refractivity contribution in [3.8, 4) is 0 Å². The quantitative estimate of drug-likeness (QED) is 0.851. The molecule has 1 aliphatic carbocycles. The number of hydrogen-bond acceptors (Lipinski definition) is 1. The zero-order valence-corrected chi connectivity index (χ0v) is 11.0. The van der Waals surface area contributed by atoms with Gasteiger partial charge in [0.2, 0.25) is 0 Å². The standard InChI is InChI=1S/C15H21F2N/c1-10-5-3-4-6-15(10)18-11(2)13-9-12(16)7-8-14(13)17/h7-11,15,18H,3-6H2,1-2H3. The van der Waals surface area contributed by atoms with E-state index in [1.807, 2.05) is 6.92 Å². The first-order valence-electron chi connectivity index (χ1n) is 6.79. The van der Waals surface area contributed by atoms with Gasteiger partial charge in [0.1, 0.15) is 11.6 Å². The smallest absolute Gasteiger partial charge is 0.128 e. The van der Waals surface area contributed by atoms with Crippen molar-refractivity contribution in [2.45, 2.75) is 51.6 Å². The molecule has 1 aliphatic rings. The molecule has 1 aromatic carbocycles. The van der Waals surface area contributed by atoms with Crippen LogP contribution in [0.1, 0.15) is 51.1 Å². The summed E-state index contributed by atoms with van der Waals surface area (Å²) < 4.78 is 26.8. The van der Waals surface area contributed by atoms with Gasteiger partial charge in [-0.25, -0.2) is 8.78 Å². The minimum absolute atomic E-state index is 0.147. The van der Waals surface area contributed by atoms with Crippen LogP contribution >= 0.6 is 0 Å². The summed E-state index contributed by atoms with van der Waals surface area (Å²) in [5.74, 6) is -0.102. The second-order valence-corrected chi connectivity index (χ2v) is 5.42. The Morgan fingerprint density at radius 1 is 1.22 bits per heavy atom. The third kappa shape index (κ3) is 3.08. The van der Waals surface area contributed by atoms with Gasteiger partial charge >= 0.3 is 0 Å². The van der Waals surface area contributed by atoms with Crippen LogP contribution in [0.3, 0.4) is 0 Å². The summed E-state index contributed by atoms with van der Waals surface area (Å²) in [5.41, 5.74) is 0.424. The average molecular weight is 253 g/mol. The van der Waals surface area contributed by atoms with Crippen LogP contribution in [0.5, 0.6) is 0 Å². The van der Waals surface area contributed by atoms with Gasteiger partial charge in [0.05, 0.1) is 0 Å². The predicted octanol–water partition coefficient (Wildman–Crippen LogP) is 4.19. The van der Waals surface area contributed by atoms with Crippen molar-refractivity contribution in [3.63, 3.8) is 0 Å². The van der Waals surface area contributed by atoms with Crippen LogP contribution in [0, 0.1) is 17.6 Å². The molecule has 18 heavy (non-hydrogen) atoms. The van der Waals surface area contributed by atoms with Gasteiger partial charge < -0.3 is 5.32 Å². The second kappa shape index (κ2) is 5.79. The second-order valence-electron chi connectivity index (χ2n) is 5.42. The van der Waals surface area contributed by atoms with Crippen LogP contribution in [-0.2, 0) is 0 Å². The van der Waals surface area contributed by atoms with E-state index >= 15 is 0 Å². The van der Waals surface area contributed by atoms with Gasteiger partial charge in [-0.3, -0.25) is 0 Å². The van der Waals surface area contributed by atoms with Crippen molar-refractivity contribution in [2.24, 2.45) is 5.92 Å². The molecule has 1 nitrogen and oxygen atoms in total. The Balaban J connectivity index is 2.06. The predicted molar refractivity (Wildman–Crippen MR) is 69.3 cm³/mol. The highest BCUT2D eigenvalue weighted by Gasteiger charge is 2.23. The number of halogens is 2. The maximum absolute atomic E-state index is 13.7. The fraction of sp³-hybridized carbons (Fsp3) is 0.600. The molecule has 2 rings (SSSR count). The molecule has 3 atom stereocenters. The third-order valence-electron chi connectivity index (χ3n) is 4.00. The van der Waals surface area contributed by atoms with Crippen LogP contribution in [0.25, 0.3) is 0 Å². The van der Waals surface area contributed by atoms with Crippen molar-refractivity contribution in [1.29, 1.82) is 0 Å². The van der Waals surface area contributed by atoms with Gasteiger partial charge in [0.15, 0.2) is 0 Å². The van der Waals surface area contributed by atoms with Crippen molar-refractivity contribution in [3.05, 3.63) is 35.4 Å². The lowest BCUT2D eigenvalue weighted by atomic mass is 9.85. The molecule has 3 unspecified atom stereocenters. The lowest BCUT2D eigenvalue weighted by Crippen LogP contribution is -2.38. The summed E-state index contributed by atoms with van der Waals surface area (Å²) in [6.45, 7) is 4.13. The van der Waals surface area contributed by atoms with Gasteiger partial charge in [-0.05, 0) is 43.9 Å². The van der Waals surface area contributed by atoms with Gasteiger partial charge in [-0.1, -0.05) is 19.8 Å². The SMILES string of the molecule is CC(NC1CCCCC1C)c1cc(F)ccc1F. The molecular weight excluding hydrogens is 232 g/mol. The topological polar surface area (TPSA) is 12.0 Å². The molecule has 1 N–H and O–H groups in total. The molecule has 0 aromatic heterocycles. The number of hydrogen-bond donors (Lipinski definition) is 1. The monoisotopic (exact) mass is 253 g/mol. The summed E-state index contributed by atoms with van der Waals surface area (Å²) in [6.07, 6.45) is 4.85. The molecular formula is C15H21F2N. The van der Waals surface area contributed by atoms with Gasteiger partial charge in [-0.2, -0.15) is 0 Å². The van der Waals surface area contributed by atoms with Crippen molar-refractivity contribution < 1.29 is 8.78 Å². The molecule has 3 heteroatoms. The lowest BCUT2D eigenvalue weighted by Gasteiger charge is -2.32. The minimum Gasteiger partial charge on any atom is -0.307 e. The Bertz CT molecular complexity index is 405. The van der Waals surface area contributed by atoms with Gasteiger partial charge in [0.25, 0.3) is 0 Å². The summed E-state index contributed by atoms with van der Waals surface area (Å²) in [5, 5.41) is 3.45. The van der Waals surface area contributed by atoms with Crippen LogP contribution in [-0.4, -0.2) is 6.04 Å². The first-order valence-corrected chi connectivity index (χ1v) is 6.79. The van der Waals surface area contributed by atoms with Crippen LogP contribution < -0.4 is 5.32 Å². The molecule has 1 saturated carbocycles. The summed E-state index contributed by atoms with van der Waals surface area (Å²) in [7, 11) is 0. The Kier molecular flexibility index (Phi) is 4.33. The molecule has 1 aromatic rings. The minimum atomic E-state index is -0.378. The average Bonchev–Trinajstić information content (AvgIpc) is 2.35. The van der Waals surface area contributed by atoms with Crippen molar-refractivity contribution >= 4 is 0 Å². The highest BCUT2D eigenvalue weighted by molar-refractivity contribution is 5.22. The van der Waals surface area contributed by atoms with E-state index in [1.165, 1.54) is 31.4 Å². The first-order chi connectivity index (χ1) is 8.58. The van der Waals surface area contributed by atoms with Gasteiger partial charge in [0, 0.05) is 17.6 Å². The van der Waals surface area contributed by atoms with E-state index in [2.05, 4.69) is 12.2 Å². The Hall–Kier alpha value is -0.960. The number of rotatable bonds is 3. The van der Waals surface area contributed by atoms with E-state index < -0.39 is 0 Å². The zero-order chi connectivity index (χ0) is 13.1. The largest absolute Gasteiger partial charge is 0.307 e. The van der Waals surface area contributed by atoms with Crippen molar-refractivity contribution in [2.75, 3.05) is 0 Å². The maximum Gasteiger partial charge on any atom is 0.128 e. The van der Waals surface area contributed by atoms with Gasteiger partial charge in [-0.15, -0.1) is 0 Å². The van der Waals surface area contributed by atoms with Crippen LogP contribution in [0.4, 0.5) is 8.78 Å². The summed E-state index contributed by atoms with van der Waals surface area (Å²) in [4.78, 5) is 0. The van der Waals surface area contributed by atoms with Crippen LogP contribution in [0.15, 0.2) is 18.2 Å². The van der Waals surface area contributed by atoms with Crippen molar-refractivity contribution in [1.82, 2.24) is 5.32 Å². The normalized spacial score (nSPS) is 26.0. The first kappa shape index (κ1) is 13.5. The Morgan fingerprint density at radius 2 is 1.94 bits per heavy atom. The molecule has 0 heterocycles. The van der Waals surface area contributed by atoms with E-state index in [0.29, 0.717) is 17.5 Å². The van der Waals surface area contributed by atoms with E-state index in [-0.39, 0.29) is 17.7 Å². The Labute approximate surface area is 108 Å². The Morgan fingerprint density at radius 3 is 2.67 bits per heavy atom. The molecule has 0 saturated heterocycles. The van der Waals surface area contributed by atoms with E-state index in [9.17, 15) is 8.78 Å². The molecule has 0 spiro atoms. The number of benzene rings is 1.